The number of ether oxygens (including phenoxy) is 1. The molecule has 0 heterocycles. The Morgan fingerprint density at radius 2 is 1.54 bits per heavy atom. The molecule has 4 aromatic carbocycles. The number of halogens is 2. The molecule has 1 atom stereocenters. The Bertz CT molecular complexity index is 1720. The quantitative estimate of drug-likeness (QED) is 0.153. The third-order valence-corrected chi connectivity index (χ3v) is 9.59. The standard InChI is InChI=1S/C35H37BrClN3O5S/c1-4-45-31-17-15-30(16-18-31)40(46(43,44)32-19-13-29(37)14-20-32)24-34(41)39(23-27-11-8-12-28(36)21-27)33(35(42)38-25(2)3)22-26-9-6-5-7-10-26/h5-21,25,33H,4,22-24H2,1-3H3,(H,38,42)/t33-/m1/s1. The van der Waals surface area contributed by atoms with E-state index in [-0.39, 0.29) is 35.5 Å². The lowest BCUT2D eigenvalue weighted by Gasteiger charge is -2.34. The summed E-state index contributed by atoms with van der Waals surface area (Å²) in [5.41, 5.74) is 1.89. The SMILES string of the molecule is CCOc1ccc(N(CC(=O)N(Cc2cccc(Br)c2)[C@H](Cc2ccccc2)C(=O)NC(C)C)S(=O)(=O)c2ccc(Cl)cc2)cc1. The van der Waals surface area contributed by atoms with Crippen molar-refractivity contribution >= 4 is 55.1 Å². The van der Waals surface area contributed by atoms with Crippen LogP contribution in [0.3, 0.4) is 0 Å². The first kappa shape index (κ1) is 35.0. The summed E-state index contributed by atoms with van der Waals surface area (Å²) in [4.78, 5) is 29.7. The fraction of sp³-hybridized carbons (Fsp3) is 0.257. The maximum atomic E-state index is 14.5. The molecule has 0 aromatic heterocycles. The number of carbonyl (C=O) groups excluding carboxylic acids is 2. The lowest BCUT2D eigenvalue weighted by molar-refractivity contribution is -0.140. The van der Waals surface area contributed by atoms with Gasteiger partial charge in [0.05, 0.1) is 17.2 Å². The Morgan fingerprint density at radius 1 is 0.891 bits per heavy atom. The lowest BCUT2D eigenvalue weighted by Crippen LogP contribution is -2.54. The van der Waals surface area contributed by atoms with E-state index in [1.54, 1.807) is 24.3 Å². The highest BCUT2D eigenvalue weighted by molar-refractivity contribution is 9.10. The summed E-state index contributed by atoms with van der Waals surface area (Å²) < 4.78 is 35.7. The number of anilines is 1. The van der Waals surface area contributed by atoms with Gasteiger partial charge < -0.3 is 15.0 Å². The summed E-state index contributed by atoms with van der Waals surface area (Å²) in [6.45, 7) is 5.50. The molecule has 1 N–H and O–H groups in total. The van der Waals surface area contributed by atoms with Crippen LogP contribution in [0.25, 0.3) is 0 Å². The summed E-state index contributed by atoms with van der Waals surface area (Å²) in [6.07, 6.45) is 0.228. The predicted octanol–water partition coefficient (Wildman–Crippen LogP) is 6.86. The highest BCUT2D eigenvalue weighted by Gasteiger charge is 2.35. The van der Waals surface area contributed by atoms with Crippen molar-refractivity contribution < 1.29 is 22.7 Å². The molecule has 8 nitrogen and oxygen atoms in total. The summed E-state index contributed by atoms with van der Waals surface area (Å²) in [6, 6.07) is 28.0. The summed E-state index contributed by atoms with van der Waals surface area (Å²) >= 11 is 9.56. The second-order valence-electron chi connectivity index (χ2n) is 10.9. The van der Waals surface area contributed by atoms with Crippen LogP contribution in [0.15, 0.2) is 112 Å². The molecule has 2 amide bonds. The van der Waals surface area contributed by atoms with E-state index in [1.165, 1.54) is 29.2 Å². The summed E-state index contributed by atoms with van der Waals surface area (Å²) in [5, 5.41) is 3.34. The Morgan fingerprint density at radius 3 is 2.15 bits per heavy atom. The van der Waals surface area contributed by atoms with Crippen LogP contribution in [-0.4, -0.2) is 50.4 Å². The number of sulfonamides is 1. The molecule has 4 aromatic rings. The zero-order valence-electron chi connectivity index (χ0n) is 25.9. The third kappa shape index (κ3) is 9.34. The average Bonchev–Trinajstić information content (AvgIpc) is 3.02. The Kier molecular flexibility index (Phi) is 12.3. The van der Waals surface area contributed by atoms with Crippen molar-refractivity contribution in [1.29, 1.82) is 0 Å². The molecular formula is C35H37BrClN3O5S. The second kappa shape index (κ2) is 16.1. The predicted molar refractivity (Wildman–Crippen MR) is 185 cm³/mol. The van der Waals surface area contributed by atoms with Crippen molar-refractivity contribution in [3.05, 3.63) is 124 Å². The zero-order chi connectivity index (χ0) is 33.3. The van der Waals surface area contributed by atoms with E-state index in [0.29, 0.717) is 17.4 Å². The molecule has 0 aliphatic carbocycles. The van der Waals surface area contributed by atoms with E-state index < -0.39 is 28.5 Å². The zero-order valence-corrected chi connectivity index (χ0v) is 29.1. The molecule has 242 valence electrons. The molecule has 0 aliphatic heterocycles. The minimum Gasteiger partial charge on any atom is -0.494 e. The normalized spacial score (nSPS) is 12.0. The van der Waals surface area contributed by atoms with Crippen LogP contribution >= 0.6 is 27.5 Å². The molecule has 46 heavy (non-hydrogen) atoms. The number of amides is 2. The fourth-order valence-corrected chi connectivity index (χ4v) is 6.89. The van der Waals surface area contributed by atoms with Crippen molar-refractivity contribution in [2.75, 3.05) is 17.5 Å². The molecule has 0 bridgehead atoms. The molecular weight excluding hydrogens is 690 g/mol. The summed E-state index contributed by atoms with van der Waals surface area (Å²) in [7, 11) is -4.25. The van der Waals surface area contributed by atoms with Gasteiger partial charge in [-0.1, -0.05) is 70.0 Å². The highest BCUT2D eigenvalue weighted by atomic mass is 79.9. The van der Waals surface area contributed by atoms with Gasteiger partial charge in [0.25, 0.3) is 10.0 Å². The maximum Gasteiger partial charge on any atom is 0.264 e. The molecule has 0 saturated carbocycles. The van der Waals surface area contributed by atoms with Gasteiger partial charge >= 0.3 is 0 Å². The number of carbonyl (C=O) groups is 2. The van der Waals surface area contributed by atoms with Crippen LogP contribution in [0.2, 0.25) is 5.02 Å². The second-order valence-corrected chi connectivity index (χ2v) is 14.1. The Labute approximate surface area is 284 Å². The highest BCUT2D eigenvalue weighted by Crippen LogP contribution is 2.28. The van der Waals surface area contributed by atoms with Crippen LogP contribution < -0.4 is 14.4 Å². The van der Waals surface area contributed by atoms with Gasteiger partial charge in [-0.25, -0.2) is 8.42 Å². The van der Waals surface area contributed by atoms with E-state index in [0.717, 1.165) is 19.9 Å². The van der Waals surface area contributed by atoms with Gasteiger partial charge in [-0.3, -0.25) is 13.9 Å². The van der Waals surface area contributed by atoms with Gasteiger partial charge in [0, 0.05) is 28.5 Å². The minimum absolute atomic E-state index is 0.0319. The van der Waals surface area contributed by atoms with E-state index in [4.69, 9.17) is 16.3 Å². The molecule has 0 fully saturated rings. The lowest BCUT2D eigenvalue weighted by atomic mass is 10.0. The third-order valence-electron chi connectivity index (χ3n) is 7.06. The number of hydrogen-bond donors (Lipinski definition) is 1. The smallest absolute Gasteiger partial charge is 0.264 e. The Balaban J connectivity index is 1.80. The molecule has 0 unspecified atom stereocenters. The van der Waals surface area contributed by atoms with Crippen molar-refractivity contribution in [3.63, 3.8) is 0 Å². The number of nitrogens with one attached hydrogen (secondary N) is 1. The molecule has 0 aliphatic rings. The van der Waals surface area contributed by atoms with Crippen molar-refractivity contribution in [3.8, 4) is 5.75 Å². The molecule has 11 heteroatoms. The van der Waals surface area contributed by atoms with Crippen LogP contribution in [0, 0.1) is 0 Å². The van der Waals surface area contributed by atoms with Crippen molar-refractivity contribution in [1.82, 2.24) is 10.2 Å². The summed E-state index contributed by atoms with van der Waals surface area (Å²) in [5.74, 6) is -0.326. The monoisotopic (exact) mass is 725 g/mol. The maximum absolute atomic E-state index is 14.5. The van der Waals surface area contributed by atoms with E-state index >= 15 is 0 Å². The van der Waals surface area contributed by atoms with E-state index in [2.05, 4.69) is 21.2 Å². The topological polar surface area (TPSA) is 96.0 Å². The van der Waals surface area contributed by atoms with Crippen molar-refractivity contribution in [2.24, 2.45) is 0 Å². The van der Waals surface area contributed by atoms with Crippen molar-refractivity contribution in [2.45, 2.75) is 50.7 Å². The van der Waals surface area contributed by atoms with Crippen LogP contribution in [0.4, 0.5) is 5.69 Å². The van der Waals surface area contributed by atoms with Gasteiger partial charge in [0.15, 0.2) is 0 Å². The average molecular weight is 727 g/mol. The molecule has 0 saturated heterocycles. The van der Waals surface area contributed by atoms with E-state index in [9.17, 15) is 18.0 Å². The first-order valence-electron chi connectivity index (χ1n) is 14.9. The first-order chi connectivity index (χ1) is 22.0. The number of benzene rings is 4. The Hall–Kier alpha value is -3.86. The van der Waals surface area contributed by atoms with Gasteiger partial charge in [0.2, 0.25) is 11.8 Å². The van der Waals surface area contributed by atoms with Gasteiger partial charge in [-0.15, -0.1) is 0 Å². The van der Waals surface area contributed by atoms with Gasteiger partial charge in [-0.05, 0) is 92.6 Å². The largest absolute Gasteiger partial charge is 0.494 e. The van der Waals surface area contributed by atoms with Crippen LogP contribution in [-0.2, 0) is 32.6 Å². The molecule has 0 radical (unpaired) electrons. The number of hydrogen-bond acceptors (Lipinski definition) is 5. The minimum atomic E-state index is -4.25. The fourth-order valence-electron chi connectivity index (χ4n) is 4.90. The van der Waals surface area contributed by atoms with Gasteiger partial charge in [0.1, 0.15) is 18.3 Å². The molecule has 4 rings (SSSR count). The molecule has 0 spiro atoms. The number of rotatable bonds is 14. The van der Waals surface area contributed by atoms with Gasteiger partial charge in [-0.2, -0.15) is 0 Å². The number of nitrogens with zero attached hydrogens (tertiary/aromatic N) is 2. The van der Waals surface area contributed by atoms with Crippen LogP contribution in [0.5, 0.6) is 5.75 Å². The van der Waals surface area contributed by atoms with E-state index in [1.807, 2.05) is 75.4 Å². The first-order valence-corrected chi connectivity index (χ1v) is 17.5. The van der Waals surface area contributed by atoms with Crippen LogP contribution in [0.1, 0.15) is 31.9 Å².